The molecule has 2 N–H and O–H groups in total. The summed E-state index contributed by atoms with van der Waals surface area (Å²) in [4.78, 5) is 0. The van der Waals surface area contributed by atoms with Gasteiger partial charge in [-0.3, -0.25) is 0 Å². The van der Waals surface area contributed by atoms with E-state index in [1.54, 1.807) is 0 Å². The van der Waals surface area contributed by atoms with Crippen LogP contribution in [-0.4, -0.2) is 4.57 Å². The Morgan fingerprint density at radius 3 is 2.36 bits per heavy atom. The number of aromatic nitrogens is 1. The summed E-state index contributed by atoms with van der Waals surface area (Å²) in [5, 5.41) is 1.29. The lowest BCUT2D eigenvalue weighted by atomic mass is 9.75. The summed E-state index contributed by atoms with van der Waals surface area (Å²) in [6.07, 6.45) is 6.66. The van der Waals surface area contributed by atoms with E-state index < -0.39 is 0 Å². The van der Waals surface area contributed by atoms with Gasteiger partial charge in [0, 0.05) is 27.9 Å². The molecule has 0 aliphatic heterocycles. The molecule has 3 aromatic carbocycles. The van der Waals surface area contributed by atoms with Crippen molar-refractivity contribution in [1.29, 1.82) is 0 Å². The van der Waals surface area contributed by atoms with Crippen molar-refractivity contribution >= 4 is 22.7 Å². The molecule has 0 amide bonds. The molecule has 2 heteroatoms. The third kappa shape index (κ3) is 2.65. The van der Waals surface area contributed by atoms with Gasteiger partial charge in [-0.2, -0.15) is 0 Å². The molecule has 4 aromatic rings. The van der Waals surface area contributed by atoms with Crippen molar-refractivity contribution in [2.75, 3.05) is 5.73 Å². The maximum atomic E-state index is 6.17. The molecule has 0 spiro atoms. The SMILES string of the molecule is C[C@]1(c2ccccc2)CC=Cc2c(c3ccc(N)cc3n2-c2ccccc2)C1. The van der Waals surface area contributed by atoms with Crippen LogP contribution in [0.5, 0.6) is 0 Å². The van der Waals surface area contributed by atoms with Crippen LogP contribution in [0.15, 0.2) is 84.9 Å². The highest BCUT2D eigenvalue weighted by Gasteiger charge is 2.31. The van der Waals surface area contributed by atoms with E-state index in [9.17, 15) is 0 Å². The monoisotopic (exact) mass is 364 g/mol. The molecule has 0 unspecified atom stereocenters. The maximum Gasteiger partial charge on any atom is 0.0558 e. The van der Waals surface area contributed by atoms with Gasteiger partial charge in [-0.05, 0) is 54.3 Å². The minimum atomic E-state index is 0.0696. The van der Waals surface area contributed by atoms with E-state index in [2.05, 4.69) is 96.4 Å². The molecular formula is C26H24N2. The standard InChI is InChI=1S/C26H24N2/c1-26(19-9-4-2-5-10-19)16-8-13-24-23(18-26)22-15-14-20(27)17-25(22)28(24)21-11-6-3-7-12-21/h2-15,17H,16,18,27H2,1H3/t26-/m0/s1. The van der Waals surface area contributed by atoms with Gasteiger partial charge in [0.15, 0.2) is 0 Å². The average Bonchev–Trinajstić information content (AvgIpc) is 2.89. The first kappa shape index (κ1) is 16.9. The van der Waals surface area contributed by atoms with Crippen LogP contribution in [0.2, 0.25) is 0 Å². The summed E-state index contributed by atoms with van der Waals surface area (Å²) in [5.41, 5.74) is 13.5. The summed E-state index contributed by atoms with van der Waals surface area (Å²) in [7, 11) is 0. The molecule has 0 bridgehead atoms. The Balaban J connectivity index is 1.78. The van der Waals surface area contributed by atoms with Crippen LogP contribution >= 0.6 is 0 Å². The Morgan fingerprint density at radius 2 is 1.61 bits per heavy atom. The van der Waals surface area contributed by atoms with E-state index >= 15 is 0 Å². The van der Waals surface area contributed by atoms with E-state index in [1.165, 1.54) is 33.4 Å². The second-order valence-electron chi connectivity index (χ2n) is 8.02. The van der Waals surface area contributed by atoms with E-state index in [4.69, 9.17) is 5.73 Å². The second-order valence-corrected chi connectivity index (χ2v) is 8.02. The highest BCUT2D eigenvalue weighted by atomic mass is 15.0. The second kappa shape index (κ2) is 6.42. The zero-order valence-electron chi connectivity index (χ0n) is 16.1. The smallest absolute Gasteiger partial charge is 0.0558 e. The van der Waals surface area contributed by atoms with Gasteiger partial charge in [-0.25, -0.2) is 0 Å². The first-order chi connectivity index (χ1) is 13.7. The number of nitrogen functional groups attached to an aromatic ring is 1. The fourth-order valence-electron chi connectivity index (χ4n) is 4.56. The molecule has 1 aliphatic rings. The lowest BCUT2D eigenvalue weighted by Gasteiger charge is -2.28. The number of para-hydroxylation sites is 1. The fourth-order valence-corrected chi connectivity index (χ4v) is 4.56. The van der Waals surface area contributed by atoms with Crippen molar-refractivity contribution in [3.8, 4) is 5.69 Å². The summed E-state index contributed by atoms with van der Waals surface area (Å²) >= 11 is 0. The number of hydrogen-bond acceptors (Lipinski definition) is 1. The zero-order valence-corrected chi connectivity index (χ0v) is 16.1. The third-order valence-electron chi connectivity index (χ3n) is 6.03. The predicted molar refractivity (Wildman–Crippen MR) is 119 cm³/mol. The van der Waals surface area contributed by atoms with Crippen LogP contribution < -0.4 is 5.73 Å². The molecule has 1 heterocycles. The average molecular weight is 364 g/mol. The number of nitrogens with zero attached hydrogens (tertiary/aromatic N) is 1. The first-order valence-electron chi connectivity index (χ1n) is 9.86. The van der Waals surface area contributed by atoms with Crippen LogP contribution in [0.1, 0.15) is 30.2 Å². The van der Waals surface area contributed by atoms with E-state index in [0.717, 1.165) is 18.5 Å². The minimum absolute atomic E-state index is 0.0696. The molecule has 28 heavy (non-hydrogen) atoms. The summed E-state index contributed by atoms with van der Waals surface area (Å²) in [6, 6.07) is 27.8. The van der Waals surface area contributed by atoms with Crippen LogP contribution in [0.3, 0.4) is 0 Å². The van der Waals surface area contributed by atoms with Crippen molar-refractivity contribution < 1.29 is 0 Å². The number of rotatable bonds is 2. The summed E-state index contributed by atoms with van der Waals surface area (Å²) < 4.78 is 2.36. The third-order valence-corrected chi connectivity index (χ3v) is 6.03. The topological polar surface area (TPSA) is 30.9 Å². The van der Waals surface area contributed by atoms with Gasteiger partial charge < -0.3 is 10.3 Å². The normalized spacial score (nSPS) is 18.8. The van der Waals surface area contributed by atoms with Gasteiger partial charge in [0.25, 0.3) is 0 Å². The fraction of sp³-hybridized carbons (Fsp3) is 0.154. The summed E-state index contributed by atoms with van der Waals surface area (Å²) in [6.45, 7) is 2.38. The van der Waals surface area contributed by atoms with E-state index in [0.29, 0.717) is 0 Å². The summed E-state index contributed by atoms with van der Waals surface area (Å²) in [5.74, 6) is 0. The number of allylic oxidation sites excluding steroid dienone is 1. The predicted octanol–water partition coefficient (Wildman–Crippen LogP) is 6.13. The van der Waals surface area contributed by atoms with E-state index in [-0.39, 0.29) is 5.41 Å². The quantitative estimate of drug-likeness (QED) is 0.426. The number of anilines is 1. The number of hydrogen-bond donors (Lipinski definition) is 1. The molecule has 5 rings (SSSR count). The zero-order chi connectivity index (χ0) is 19.1. The lowest BCUT2D eigenvalue weighted by molar-refractivity contribution is 0.479. The van der Waals surface area contributed by atoms with Gasteiger partial charge in [0.1, 0.15) is 0 Å². The highest BCUT2D eigenvalue weighted by Crippen LogP contribution is 2.41. The number of benzene rings is 3. The van der Waals surface area contributed by atoms with Crippen LogP contribution in [0, 0.1) is 0 Å². The molecule has 1 atom stereocenters. The van der Waals surface area contributed by atoms with Crippen molar-refractivity contribution in [3.63, 3.8) is 0 Å². The molecule has 138 valence electrons. The Kier molecular flexibility index (Phi) is 3.87. The molecule has 0 radical (unpaired) electrons. The Hall–Kier alpha value is -3.26. The highest BCUT2D eigenvalue weighted by molar-refractivity contribution is 5.92. The number of fused-ring (bicyclic) bond motifs is 3. The van der Waals surface area contributed by atoms with E-state index in [1.807, 2.05) is 6.07 Å². The maximum absolute atomic E-state index is 6.17. The Bertz CT molecular complexity index is 1170. The minimum Gasteiger partial charge on any atom is -0.399 e. The van der Waals surface area contributed by atoms with Gasteiger partial charge in [-0.15, -0.1) is 0 Å². The van der Waals surface area contributed by atoms with Crippen molar-refractivity contribution in [2.45, 2.75) is 25.2 Å². The van der Waals surface area contributed by atoms with Crippen LogP contribution in [-0.2, 0) is 11.8 Å². The van der Waals surface area contributed by atoms with Crippen LogP contribution in [0.25, 0.3) is 22.7 Å². The van der Waals surface area contributed by atoms with Crippen molar-refractivity contribution in [1.82, 2.24) is 4.57 Å². The molecule has 2 nitrogen and oxygen atoms in total. The van der Waals surface area contributed by atoms with Crippen molar-refractivity contribution in [2.24, 2.45) is 0 Å². The molecule has 1 aromatic heterocycles. The van der Waals surface area contributed by atoms with Gasteiger partial charge in [0.2, 0.25) is 0 Å². The molecule has 0 fully saturated rings. The lowest BCUT2D eigenvalue weighted by Crippen LogP contribution is -2.23. The van der Waals surface area contributed by atoms with Gasteiger partial charge >= 0.3 is 0 Å². The molecule has 0 saturated carbocycles. The van der Waals surface area contributed by atoms with Crippen molar-refractivity contribution in [3.05, 3.63) is 102 Å². The van der Waals surface area contributed by atoms with Gasteiger partial charge in [-0.1, -0.05) is 67.6 Å². The Morgan fingerprint density at radius 1 is 0.893 bits per heavy atom. The first-order valence-corrected chi connectivity index (χ1v) is 9.86. The van der Waals surface area contributed by atoms with Gasteiger partial charge in [0.05, 0.1) is 5.52 Å². The molecule has 0 saturated heterocycles. The number of nitrogens with two attached hydrogens (primary N) is 1. The molecular weight excluding hydrogens is 340 g/mol. The molecule has 1 aliphatic carbocycles. The van der Waals surface area contributed by atoms with Crippen LogP contribution in [0.4, 0.5) is 5.69 Å². The Labute approximate surface area is 165 Å². The largest absolute Gasteiger partial charge is 0.399 e.